The molecule has 0 unspecified atom stereocenters. The van der Waals surface area contributed by atoms with Gasteiger partial charge >= 0.3 is 11.9 Å². The largest absolute Gasteiger partial charge is 0.418 e. The van der Waals surface area contributed by atoms with Gasteiger partial charge in [-0.15, -0.1) is 0 Å². The Hall–Kier alpha value is -3.08. The van der Waals surface area contributed by atoms with Crippen LogP contribution >= 0.6 is 11.6 Å². The summed E-state index contributed by atoms with van der Waals surface area (Å²) in [4.78, 5) is 22.4. The fourth-order valence-corrected chi connectivity index (χ4v) is 3.13. The van der Waals surface area contributed by atoms with Gasteiger partial charge in [-0.3, -0.25) is 20.2 Å². The summed E-state index contributed by atoms with van der Waals surface area (Å²) in [6.45, 7) is 1.54. The first-order valence-corrected chi connectivity index (χ1v) is 8.63. The van der Waals surface area contributed by atoms with Crippen molar-refractivity contribution in [3.05, 3.63) is 66.7 Å². The third-order valence-electron chi connectivity index (χ3n) is 4.21. The minimum Gasteiger partial charge on any atom is -0.382 e. The highest BCUT2D eigenvalue weighted by Gasteiger charge is 2.43. The zero-order valence-electron chi connectivity index (χ0n) is 15.3. The molecule has 0 aromatic heterocycles. The van der Waals surface area contributed by atoms with E-state index in [1.165, 1.54) is 4.90 Å². The quantitative estimate of drug-likeness (QED) is 0.474. The number of halogens is 4. The van der Waals surface area contributed by atoms with Crippen molar-refractivity contribution in [3.8, 4) is 0 Å². The van der Waals surface area contributed by atoms with Crippen LogP contribution in [0.4, 0.5) is 35.9 Å². The van der Waals surface area contributed by atoms with Crippen LogP contribution in [-0.2, 0) is 12.7 Å². The molecule has 0 spiro atoms. The standard InChI is InChI=1S/C17H16ClF3N4O4/c1-3-23(9-10-6-4-5-7-12(10)18)15-13(24(26)27)8-11(17(19,20)21)14(22-2)16(15)25(28)29/h4-8,22H,3,9H2,1-2H3. The van der Waals surface area contributed by atoms with Crippen LogP contribution in [0.5, 0.6) is 0 Å². The van der Waals surface area contributed by atoms with Crippen molar-refractivity contribution in [1.29, 1.82) is 0 Å². The summed E-state index contributed by atoms with van der Waals surface area (Å²) in [7, 11) is 1.08. The number of benzene rings is 2. The lowest BCUT2D eigenvalue weighted by molar-refractivity contribution is -0.392. The van der Waals surface area contributed by atoms with Crippen LogP contribution in [0.1, 0.15) is 18.1 Å². The molecule has 0 aliphatic carbocycles. The molecule has 0 fully saturated rings. The predicted octanol–water partition coefficient (Wildman–Crippen LogP) is 5.24. The molecule has 2 aromatic rings. The van der Waals surface area contributed by atoms with Gasteiger partial charge in [0.2, 0.25) is 0 Å². The molecule has 0 aliphatic heterocycles. The molecule has 0 radical (unpaired) electrons. The number of nitrogens with one attached hydrogen (secondary N) is 1. The van der Waals surface area contributed by atoms with Crippen LogP contribution in [-0.4, -0.2) is 23.4 Å². The van der Waals surface area contributed by atoms with Crippen molar-refractivity contribution in [2.45, 2.75) is 19.6 Å². The first kappa shape index (κ1) is 22.2. The third-order valence-corrected chi connectivity index (χ3v) is 4.57. The van der Waals surface area contributed by atoms with Gasteiger partial charge in [-0.1, -0.05) is 29.8 Å². The second kappa shape index (κ2) is 8.52. The Morgan fingerprint density at radius 1 is 1.17 bits per heavy atom. The second-order valence-corrected chi connectivity index (χ2v) is 6.29. The van der Waals surface area contributed by atoms with Gasteiger partial charge in [-0.05, 0) is 18.6 Å². The van der Waals surface area contributed by atoms with Crippen molar-refractivity contribution in [3.63, 3.8) is 0 Å². The minimum atomic E-state index is -5.04. The molecule has 0 amide bonds. The van der Waals surface area contributed by atoms with Crippen LogP contribution in [0, 0.1) is 20.2 Å². The van der Waals surface area contributed by atoms with E-state index >= 15 is 0 Å². The molecule has 156 valence electrons. The maximum Gasteiger partial charge on any atom is 0.418 e. The first-order chi connectivity index (χ1) is 13.5. The van der Waals surface area contributed by atoms with Crippen LogP contribution in [0.3, 0.4) is 0 Å². The Morgan fingerprint density at radius 3 is 2.24 bits per heavy atom. The molecule has 1 N–H and O–H groups in total. The van der Waals surface area contributed by atoms with Gasteiger partial charge < -0.3 is 10.2 Å². The number of hydrogen-bond acceptors (Lipinski definition) is 6. The zero-order valence-corrected chi connectivity index (χ0v) is 16.0. The fourth-order valence-electron chi connectivity index (χ4n) is 2.93. The molecule has 12 heteroatoms. The van der Waals surface area contributed by atoms with Crippen molar-refractivity contribution < 1.29 is 23.0 Å². The van der Waals surface area contributed by atoms with Gasteiger partial charge in [-0.2, -0.15) is 13.2 Å². The Labute approximate surface area is 168 Å². The normalized spacial score (nSPS) is 11.2. The van der Waals surface area contributed by atoms with Crippen molar-refractivity contribution in [2.24, 2.45) is 0 Å². The second-order valence-electron chi connectivity index (χ2n) is 5.88. The SMILES string of the molecule is CCN(Cc1ccccc1Cl)c1c([N+](=O)[O-])cc(C(F)(F)F)c(NC)c1[N+](=O)[O-]. The molecule has 29 heavy (non-hydrogen) atoms. The first-order valence-electron chi connectivity index (χ1n) is 8.25. The Bertz CT molecular complexity index is 953. The lowest BCUT2D eigenvalue weighted by Gasteiger charge is -2.25. The number of nitrogens with zero attached hydrogens (tertiary/aromatic N) is 3. The van der Waals surface area contributed by atoms with E-state index in [4.69, 9.17) is 11.6 Å². The molecule has 0 atom stereocenters. The fraction of sp³-hybridized carbons (Fsp3) is 0.294. The highest BCUT2D eigenvalue weighted by Crippen LogP contribution is 2.49. The van der Waals surface area contributed by atoms with E-state index in [1.54, 1.807) is 31.2 Å². The number of nitro groups is 2. The summed E-state index contributed by atoms with van der Waals surface area (Å²) in [6, 6.07) is 6.81. The van der Waals surface area contributed by atoms with Gasteiger partial charge in [-0.25, -0.2) is 0 Å². The van der Waals surface area contributed by atoms with E-state index in [1.807, 2.05) is 0 Å². The topological polar surface area (TPSA) is 102 Å². The lowest BCUT2D eigenvalue weighted by atomic mass is 10.0. The summed E-state index contributed by atoms with van der Waals surface area (Å²) in [5.74, 6) is 0. The van der Waals surface area contributed by atoms with E-state index in [0.29, 0.717) is 16.7 Å². The Kier molecular flexibility index (Phi) is 6.52. The summed E-state index contributed by atoms with van der Waals surface area (Å²) in [5.41, 5.74) is -4.40. The lowest BCUT2D eigenvalue weighted by Crippen LogP contribution is -2.25. The Balaban J connectivity index is 2.84. The predicted molar refractivity (Wildman–Crippen MR) is 102 cm³/mol. The van der Waals surface area contributed by atoms with E-state index in [-0.39, 0.29) is 13.1 Å². The van der Waals surface area contributed by atoms with E-state index < -0.39 is 44.3 Å². The molecular weight excluding hydrogens is 417 g/mol. The molecule has 0 saturated carbocycles. The molecule has 0 aliphatic rings. The van der Waals surface area contributed by atoms with Crippen LogP contribution < -0.4 is 10.2 Å². The number of rotatable bonds is 7. The van der Waals surface area contributed by atoms with Crippen molar-refractivity contribution in [1.82, 2.24) is 0 Å². The third kappa shape index (κ3) is 4.50. The van der Waals surface area contributed by atoms with Gasteiger partial charge in [0.15, 0.2) is 5.69 Å². The average molecular weight is 433 g/mol. The minimum absolute atomic E-state index is 0.0431. The highest BCUT2D eigenvalue weighted by atomic mass is 35.5. The van der Waals surface area contributed by atoms with Crippen molar-refractivity contribution >= 4 is 34.4 Å². The molecular formula is C17H16ClF3N4O4. The van der Waals surface area contributed by atoms with Crippen molar-refractivity contribution in [2.75, 3.05) is 23.8 Å². The summed E-state index contributed by atoms with van der Waals surface area (Å²) in [6.07, 6.45) is -5.04. The van der Waals surface area contributed by atoms with Gasteiger partial charge in [0.05, 0.1) is 15.4 Å². The molecule has 0 bridgehead atoms. The van der Waals surface area contributed by atoms with Gasteiger partial charge in [0.1, 0.15) is 5.69 Å². The monoisotopic (exact) mass is 432 g/mol. The number of hydrogen-bond donors (Lipinski definition) is 1. The highest BCUT2D eigenvalue weighted by molar-refractivity contribution is 6.31. The number of alkyl halides is 3. The Morgan fingerprint density at radius 2 is 1.79 bits per heavy atom. The van der Waals surface area contributed by atoms with E-state index in [0.717, 1.165) is 7.05 Å². The van der Waals surface area contributed by atoms with Gasteiger partial charge in [0, 0.05) is 31.2 Å². The maximum absolute atomic E-state index is 13.4. The van der Waals surface area contributed by atoms with E-state index in [2.05, 4.69) is 5.32 Å². The van der Waals surface area contributed by atoms with E-state index in [9.17, 15) is 33.4 Å². The van der Waals surface area contributed by atoms with Gasteiger partial charge in [0.25, 0.3) is 5.69 Å². The molecule has 0 heterocycles. The van der Waals surface area contributed by atoms with Crippen LogP contribution in [0.15, 0.2) is 30.3 Å². The summed E-state index contributed by atoms with van der Waals surface area (Å²) >= 11 is 6.11. The zero-order chi connectivity index (χ0) is 21.9. The molecule has 2 aromatic carbocycles. The molecule has 2 rings (SSSR count). The average Bonchev–Trinajstić information content (AvgIpc) is 2.64. The smallest absolute Gasteiger partial charge is 0.382 e. The molecule has 0 saturated heterocycles. The number of anilines is 2. The number of nitro benzene ring substituents is 2. The maximum atomic E-state index is 13.4. The van der Waals surface area contributed by atoms with Crippen LogP contribution in [0.25, 0.3) is 0 Å². The molecule has 8 nitrogen and oxygen atoms in total. The van der Waals surface area contributed by atoms with Crippen LogP contribution in [0.2, 0.25) is 5.02 Å². The summed E-state index contributed by atoms with van der Waals surface area (Å²) in [5, 5.41) is 25.8. The summed E-state index contributed by atoms with van der Waals surface area (Å²) < 4.78 is 40.3.